The minimum absolute atomic E-state index is 0.190. The Kier molecular flexibility index (Phi) is 7.02. The van der Waals surface area contributed by atoms with Gasteiger partial charge in [0.1, 0.15) is 0 Å². The van der Waals surface area contributed by atoms with Crippen molar-refractivity contribution < 1.29 is 27.5 Å². The van der Waals surface area contributed by atoms with Gasteiger partial charge in [0.25, 0.3) is 15.9 Å². The number of benzene rings is 3. The first-order chi connectivity index (χ1) is 16.8. The Morgan fingerprint density at radius 3 is 2.23 bits per heavy atom. The van der Waals surface area contributed by atoms with E-state index >= 15 is 0 Å². The predicted octanol–water partition coefficient (Wildman–Crippen LogP) is 4.42. The van der Waals surface area contributed by atoms with Crippen LogP contribution >= 0.6 is 0 Å². The third kappa shape index (κ3) is 5.43. The zero-order valence-electron chi connectivity index (χ0n) is 19.1. The number of rotatable bonds is 4. The van der Waals surface area contributed by atoms with Gasteiger partial charge in [0.05, 0.1) is 4.90 Å². The van der Waals surface area contributed by atoms with Gasteiger partial charge in [-0.2, -0.15) is 0 Å². The molecular weight excluding hydrogens is 470 g/mol. The van der Waals surface area contributed by atoms with Crippen LogP contribution in [0.15, 0.2) is 65.6 Å². The van der Waals surface area contributed by atoms with Gasteiger partial charge in [-0.15, -0.1) is 0 Å². The highest BCUT2D eigenvalue weighted by atomic mass is 32.2. The second kappa shape index (κ2) is 10.1. The molecule has 10 heteroatoms. The number of carbonyl (C=O) groups excluding carboxylic acids is 3. The summed E-state index contributed by atoms with van der Waals surface area (Å²) in [5, 5.41) is 3.59. The number of hydrogen-bond acceptors (Lipinski definition) is 6. The maximum Gasteiger partial charge on any atom is 0.430 e. The molecule has 0 saturated carbocycles. The van der Waals surface area contributed by atoms with E-state index in [-0.39, 0.29) is 16.2 Å². The highest BCUT2D eigenvalue weighted by Crippen LogP contribution is 2.30. The van der Waals surface area contributed by atoms with Crippen LogP contribution in [0, 0.1) is 6.92 Å². The Morgan fingerprint density at radius 1 is 0.857 bits per heavy atom. The molecule has 2 N–H and O–H groups in total. The summed E-state index contributed by atoms with van der Waals surface area (Å²) in [5.74, 6) is -0.332. The summed E-state index contributed by atoms with van der Waals surface area (Å²) in [6.07, 6.45) is 0.332. The molecule has 0 radical (unpaired) electrons. The lowest BCUT2D eigenvalue weighted by Gasteiger charge is -2.25. The van der Waals surface area contributed by atoms with Gasteiger partial charge in [-0.05, 0) is 49.9 Å². The van der Waals surface area contributed by atoms with E-state index < -0.39 is 22.2 Å². The molecule has 35 heavy (non-hydrogen) atoms. The average Bonchev–Trinajstić information content (AvgIpc) is 2.84. The molecule has 4 rings (SSSR count). The zero-order valence-corrected chi connectivity index (χ0v) is 19.9. The molecule has 1 saturated heterocycles. The van der Waals surface area contributed by atoms with Crippen LogP contribution in [0.5, 0.6) is 0 Å². The van der Waals surface area contributed by atoms with Gasteiger partial charge >= 0.3 is 12.2 Å². The topological polar surface area (TPSA) is 122 Å². The average molecular weight is 496 g/mol. The second-order valence-electron chi connectivity index (χ2n) is 8.23. The fourth-order valence-corrected chi connectivity index (χ4v) is 5.12. The van der Waals surface area contributed by atoms with Crippen LogP contribution in [-0.4, -0.2) is 44.5 Å². The highest BCUT2D eigenvalue weighted by molar-refractivity contribution is 7.90. The summed E-state index contributed by atoms with van der Waals surface area (Å²) in [6, 6.07) is 16.5. The van der Waals surface area contributed by atoms with Crippen LogP contribution in [0.25, 0.3) is 10.8 Å². The lowest BCUT2D eigenvalue weighted by Crippen LogP contribution is -2.40. The molecule has 0 atom stereocenters. The quantitative estimate of drug-likeness (QED) is 0.517. The van der Waals surface area contributed by atoms with Crippen molar-refractivity contribution in [3.8, 4) is 0 Å². The van der Waals surface area contributed by atoms with E-state index in [0.717, 1.165) is 24.8 Å². The van der Waals surface area contributed by atoms with E-state index in [9.17, 15) is 22.8 Å². The summed E-state index contributed by atoms with van der Waals surface area (Å²) in [6.45, 7) is 2.74. The fraction of sp³-hybridized carbons (Fsp3) is 0.240. The predicted molar refractivity (Wildman–Crippen MR) is 131 cm³/mol. The van der Waals surface area contributed by atoms with Crippen molar-refractivity contribution in [2.75, 3.05) is 18.4 Å². The molecule has 1 aliphatic heterocycles. The van der Waals surface area contributed by atoms with Crippen LogP contribution in [-0.2, 0) is 14.8 Å². The maximum absolute atomic E-state index is 13.0. The zero-order chi connectivity index (χ0) is 25.0. The van der Waals surface area contributed by atoms with Crippen LogP contribution in [0.3, 0.4) is 0 Å². The lowest BCUT2D eigenvalue weighted by atomic mass is 10.1. The van der Waals surface area contributed by atoms with E-state index in [4.69, 9.17) is 4.74 Å². The number of nitrogens with zero attached hydrogens (tertiary/aromatic N) is 1. The van der Waals surface area contributed by atoms with Crippen molar-refractivity contribution in [1.29, 1.82) is 0 Å². The number of fused-ring (bicyclic) bond motifs is 1. The van der Waals surface area contributed by atoms with Gasteiger partial charge in [-0.25, -0.2) is 22.7 Å². The number of ether oxygens (including phenoxy) is 1. The number of aryl methyl sites for hydroxylation is 1. The highest BCUT2D eigenvalue weighted by Gasteiger charge is 2.26. The first-order valence-corrected chi connectivity index (χ1v) is 12.7. The van der Waals surface area contributed by atoms with Crippen molar-refractivity contribution >= 4 is 44.6 Å². The van der Waals surface area contributed by atoms with E-state index in [2.05, 4.69) is 5.32 Å². The first-order valence-electron chi connectivity index (χ1n) is 11.2. The molecule has 0 aliphatic carbocycles. The Hall–Kier alpha value is -3.92. The smallest absolute Gasteiger partial charge is 0.359 e. The minimum Gasteiger partial charge on any atom is -0.359 e. The van der Waals surface area contributed by atoms with Crippen LogP contribution in [0.4, 0.5) is 15.3 Å². The molecule has 3 aromatic rings. The van der Waals surface area contributed by atoms with E-state index in [1.54, 1.807) is 41.1 Å². The summed E-state index contributed by atoms with van der Waals surface area (Å²) >= 11 is 0. The van der Waals surface area contributed by atoms with Crippen LogP contribution in [0.1, 0.15) is 35.2 Å². The third-order valence-electron chi connectivity index (χ3n) is 5.82. The van der Waals surface area contributed by atoms with Crippen LogP contribution < -0.4 is 10.0 Å². The number of likely N-dealkylation sites (tertiary alicyclic amines) is 1. The lowest BCUT2D eigenvalue weighted by molar-refractivity contribution is 0.102. The molecule has 182 valence electrons. The summed E-state index contributed by atoms with van der Waals surface area (Å²) < 4.78 is 32.5. The summed E-state index contributed by atoms with van der Waals surface area (Å²) in [5.41, 5.74) is 1.71. The Balaban J connectivity index is 1.56. The SMILES string of the molecule is Cc1ccccc1C(=O)Nc1ccc(S(=O)(=O)NC(=O)OC(=O)N2CCCCC2)c2ccccc12. The molecule has 1 fully saturated rings. The first kappa shape index (κ1) is 24.2. The number of piperidine rings is 1. The number of hydrogen-bond donors (Lipinski definition) is 2. The van der Waals surface area contributed by atoms with Gasteiger partial charge < -0.3 is 15.0 Å². The van der Waals surface area contributed by atoms with Gasteiger partial charge in [0.2, 0.25) is 0 Å². The van der Waals surface area contributed by atoms with E-state index in [1.165, 1.54) is 17.0 Å². The van der Waals surface area contributed by atoms with Crippen molar-refractivity contribution in [2.24, 2.45) is 0 Å². The number of sulfonamides is 1. The molecule has 9 nitrogen and oxygen atoms in total. The van der Waals surface area contributed by atoms with Crippen LogP contribution in [0.2, 0.25) is 0 Å². The molecule has 3 amide bonds. The van der Waals surface area contributed by atoms with Gasteiger partial charge in [0.15, 0.2) is 0 Å². The van der Waals surface area contributed by atoms with Crippen molar-refractivity contribution in [2.45, 2.75) is 31.1 Å². The normalized spacial score (nSPS) is 13.8. The number of carbonyl (C=O) groups is 3. The molecule has 1 aliphatic rings. The molecule has 0 bridgehead atoms. The van der Waals surface area contributed by atoms with Crippen molar-refractivity contribution in [3.63, 3.8) is 0 Å². The maximum atomic E-state index is 13.0. The standard InChI is InChI=1S/C25H25N3O6S/c1-17-9-3-4-10-18(17)23(29)26-21-13-14-22(20-12-6-5-11-19(20)21)35(32,33)27-24(30)34-25(31)28-15-7-2-8-16-28/h3-6,9-14H,2,7-8,15-16H2,1H3,(H,26,29)(H,27,30). The molecule has 3 aromatic carbocycles. The third-order valence-corrected chi connectivity index (χ3v) is 7.19. The van der Waals surface area contributed by atoms with E-state index in [1.807, 2.05) is 19.1 Å². The van der Waals surface area contributed by atoms with Crippen molar-refractivity contribution in [3.05, 3.63) is 71.8 Å². The Labute approximate surface area is 203 Å². The number of anilines is 1. The van der Waals surface area contributed by atoms with E-state index in [0.29, 0.717) is 29.7 Å². The fourth-order valence-electron chi connectivity index (χ4n) is 4.04. The monoisotopic (exact) mass is 495 g/mol. The largest absolute Gasteiger partial charge is 0.430 e. The van der Waals surface area contributed by atoms with Gasteiger partial charge in [-0.3, -0.25) is 4.79 Å². The Bertz CT molecular complexity index is 1400. The van der Waals surface area contributed by atoms with Gasteiger partial charge in [0, 0.05) is 35.1 Å². The van der Waals surface area contributed by atoms with Crippen molar-refractivity contribution in [1.82, 2.24) is 9.62 Å². The molecule has 0 unspecified atom stereocenters. The molecular formula is C25H25N3O6S. The molecule has 0 spiro atoms. The number of nitrogens with one attached hydrogen (secondary N) is 2. The minimum atomic E-state index is -4.37. The Morgan fingerprint density at radius 2 is 1.51 bits per heavy atom. The number of amides is 3. The second-order valence-corrected chi connectivity index (χ2v) is 9.89. The summed E-state index contributed by atoms with van der Waals surface area (Å²) in [7, 11) is -4.37. The van der Waals surface area contributed by atoms with Gasteiger partial charge in [-0.1, -0.05) is 42.5 Å². The summed E-state index contributed by atoms with van der Waals surface area (Å²) in [4.78, 5) is 38.3. The molecule has 0 aromatic heterocycles. The molecule has 1 heterocycles.